The molecule has 0 saturated carbocycles. The number of rotatable bonds is 6. The smallest absolute Gasteiger partial charge is 0.340 e. The van der Waals surface area contributed by atoms with Gasteiger partial charge in [0, 0.05) is 23.2 Å². The van der Waals surface area contributed by atoms with Crippen LogP contribution in [0, 0.1) is 20.2 Å². The molecular weight excluding hydrogens is 405 g/mol. The molecule has 1 N–H and O–H groups in total. The number of carbonyl (C=O) groups excluding carboxylic acids is 2. The van der Waals surface area contributed by atoms with Gasteiger partial charge in [0.2, 0.25) is 0 Å². The van der Waals surface area contributed by atoms with Crippen LogP contribution in [0.15, 0.2) is 36.4 Å². The second-order valence-electron chi connectivity index (χ2n) is 4.96. The molecule has 0 saturated heterocycles. The molecule has 0 aliphatic heterocycles. The van der Waals surface area contributed by atoms with Gasteiger partial charge in [0.15, 0.2) is 6.61 Å². The largest absolute Gasteiger partial charge is 0.452 e. The summed E-state index contributed by atoms with van der Waals surface area (Å²) in [6.45, 7) is -0.804. The lowest BCUT2D eigenvalue weighted by Gasteiger charge is -2.08. The predicted octanol–water partition coefficient (Wildman–Crippen LogP) is 3.61. The van der Waals surface area contributed by atoms with E-state index in [2.05, 4.69) is 5.32 Å². The molecule has 0 radical (unpaired) electrons. The van der Waals surface area contributed by atoms with Gasteiger partial charge in [0.05, 0.1) is 20.4 Å². The molecule has 10 nitrogen and oxygen atoms in total. The lowest BCUT2D eigenvalue weighted by atomic mass is 10.2. The van der Waals surface area contributed by atoms with Crippen LogP contribution in [0.4, 0.5) is 17.1 Å². The number of ether oxygens (including phenoxy) is 1. The van der Waals surface area contributed by atoms with Crippen LogP contribution in [0.25, 0.3) is 0 Å². The number of anilines is 1. The average Bonchev–Trinajstić information content (AvgIpc) is 2.59. The molecule has 0 aromatic heterocycles. The van der Waals surface area contributed by atoms with Crippen LogP contribution in [-0.4, -0.2) is 28.3 Å². The monoisotopic (exact) mass is 413 g/mol. The fourth-order valence-electron chi connectivity index (χ4n) is 1.95. The van der Waals surface area contributed by atoms with E-state index >= 15 is 0 Å². The SMILES string of the molecule is O=C(COC(=O)c1cc([N+](=O)[O-])ccc1Cl)Nc1cc(Cl)ccc1[N+](=O)[O-]. The van der Waals surface area contributed by atoms with Crippen molar-refractivity contribution < 1.29 is 24.2 Å². The number of nitro groups is 2. The summed E-state index contributed by atoms with van der Waals surface area (Å²) in [7, 11) is 0. The van der Waals surface area contributed by atoms with E-state index in [0.29, 0.717) is 0 Å². The van der Waals surface area contributed by atoms with Crippen molar-refractivity contribution in [2.24, 2.45) is 0 Å². The molecule has 2 rings (SSSR count). The standard InChI is InChI=1S/C15H9Cl2N3O7/c16-8-1-4-13(20(25)26)12(5-8)18-14(21)7-27-15(22)10-6-9(19(23)24)2-3-11(10)17/h1-6H,7H2,(H,18,21). The Labute approximate surface area is 160 Å². The lowest BCUT2D eigenvalue weighted by Crippen LogP contribution is -2.21. The number of hydrogen-bond acceptors (Lipinski definition) is 7. The van der Waals surface area contributed by atoms with Gasteiger partial charge < -0.3 is 10.1 Å². The van der Waals surface area contributed by atoms with E-state index < -0.39 is 34.0 Å². The summed E-state index contributed by atoms with van der Waals surface area (Å²) >= 11 is 11.5. The van der Waals surface area contributed by atoms with Crippen LogP contribution in [0.2, 0.25) is 10.0 Å². The molecule has 2 aromatic rings. The summed E-state index contributed by atoms with van der Waals surface area (Å²) in [6, 6.07) is 6.70. The third kappa shape index (κ3) is 5.12. The molecule has 0 aliphatic carbocycles. The number of benzene rings is 2. The minimum Gasteiger partial charge on any atom is -0.452 e. The second kappa shape index (κ2) is 8.43. The highest BCUT2D eigenvalue weighted by atomic mass is 35.5. The minimum absolute atomic E-state index is 0.100. The number of halogens is 2. The molecule has 2 aromatic carbocycles. The van der Waals surface area contributed by atoms with Crippen LogP contribution in [-0.2, 0) is 9.53 Å². The third-order valence-electron chi connectivity index (χ3n) is 3.14. The number of nitro benzene ring substituents is 2. The first-order valence-electron chi connectivity index (χ1n) is 7.04. The number of carbonyl (C=O) groups is 2. The molecule has 27 heavy (non-hydrogen) atoms. The van der Waals surface area contributed by atoms with Crippen molar-refractivity contribution in [3.8, 4) is 0 Å². The van der Waals surface area contributed by atoms with Crippen molar-refractivity contribution in [2.45, 2.75) is 0 Å². The Hall–Kier alpha value is -3.24. The predicted molar refractivity (Wildman–Crippen MR) is 95.1 cm³/mol. The summed E-state index contributed by atoms with van der Waals surface area (Å²) in [5.74, 6) is -1.95. The van der Waals surface area contributed by atoms with Crippen molar-refractivity contribution in [3.63, 3.8) is 0 Å². The van der Waals surface area contributed by atoms with Crippen LogP contribution >= 0.6 is 23.2 Å². The third-order valence-corrected chi connectivity index (χ3v) is 3.71. The minimum atomic E-state index is -1.07. The molecule has 140 valence electrons. The van der Waals surface area contributed by atoms with Gasteiger partial charge in [-0.15, -0.1) is 0 Å². The Bertz CT molecular complexity index is 949. The zero-order valence-corrected chi connectivity index (χ0v) is 14.7. The van der Waals surface area contributed by atoms with E-state index in [1.165, 1.54) is 6.07 Å². The van der Waals surface area contributed by atoms with Crippen LogP contribution < -0.4 is 5.32 Å². The van der Waals surface area contributed by atoms with E-state index in [4.69, 9.17) is 27.9 Å². The van der Waals surface area contributed by atoms with Crippen LogP contribution in [0.5, 0.6) is 0 Å². The summed E-state index contributed by atoms with van der Waals surface area (Å²) in [5.41, 5.74) is -1.26. The average molecular weight is 414 g/mol. The lowest BCUT2D eigenvalue weighted by molar-refractivity contribution is -0.384. The molecule has 0 aliphatic rings. The van der Waals surface area contributed by atoms with Crippen LogP contribution in [0.3, 0.4) is 0 Å². The number of esters is 1. The summed E-state index contributed by atoms with van der Waals surface area (Å²) in [4.78, 5) is 44.1. The number of amides is 1. The molecule has 0 heterocycles. The molecule has 0 bridgehead atoms. The Morgan fingerprint density at radius 1 is 1.04 bits per heavy atom. The van der Waals surface area contributed by atoms with Gasteiger partial charge in [0.1, 0.15) is 5.69 Å². The fraction of sp³-hybridized carbons (Fsp3) is 0.0667. The highest BCUT2D eigenvalue weighted by molar-refractivity contribution is 6.33. The van der Waals surface area contributed by atoms with Crippen molar-refractivity contribution in [3.05, 3.63) is 72.2 Å². The summed E-state index contributed by atoms with van der Waals surface area (Å²) in [5, 5.41) is 23.9. The number of nitrogens with one attached hydrogen (secondary N) is 1. The molecule has 0 spiro atoms. The molecule has 0 fully saturated rings. The maximum absolute atomic E-state index is 12.0. The number of hydrogen-bond donors (Lipinski definition) is 1. The molecule has 0 unspecified atom stereocenters. The topological polar surface area (TPSA) is 142 Å². The van der Waals surface area contributed by atoms with Gasteiger partial charge in [-0.3, -0.25) is 25.0 Å². The van der Waals surface area contributed by atoms with E-state index in [9.17, 15) is 29.8 Å². The molecule has 0 atom stereocenters. The summed E-state index contributed by atoms with van der Waals surface area (Å²) < 4.78 is 4.75. The molecule has 1 amide bonds. The van der Waals surface area contributed by atoms with Gasteiger partial charge in [-0.25, -0.2) is 4.79 Å². The van der Waals surface area contributed by atoms with Crippen molar-refractivity contribution in [2.75, 3.05) is 11.9 Å². The van der Waals surface area contributed by atoms with Gasteiger partial charge in [-0.05, 0) is 18.2 Å². The zero-order valence-electron chi connectivity index (χ0n) is 13.2. The van der Waals surface area contributed by atoms with E-state index in [0.717, 1.165) is 30.3 Å². The van der Waals surface area contributed by atoms with E-state index in [1.54, 1.807) is 0 Å². The Morgan fingerprint density at radius 2 is 1.74 bits per heavy atom. The van der Waals surface area contributed by atoms with E-state index in [-0.39, 0.29) is 27.0 Å². The van der Waals surface area contributed by atoms with Crippen molar-refractivity contribution >= 4 is 52.1 Å². The first-order valence-corrected chi connectivity index (χ1v) is 7.79. The van der Waals surface area contributed by atoms with Crippen molar-refractivity contribution in [1.29, 1.82) is 0 Å². The van der Waals surface area contributed by atoms with Crippen molar-refractivity contribution in [1.82, 2.24) is 0 Å². The molecular formula is C15H9Cl2N3O7. The number of non-ortho nitro benzene ring substituents is 1. The first-order chi connectivity index (χ1) is 12.7. The normalized spacial score (nSPS) is 10.1. The van der Waals surface area contributed by atoms with Crippen LogP contribution in [0.1, 0.15) is 10.4 Å². The van der Waals surface area contributed by atoms with Gasteiger partial charge in [0.25, 0.3) is 17.3 Å². The highest BCUT2D eigenvalue weighted by Gasteiger charge is 2.20. The van der Waals surface area contributed by atoms with E-state index in [1.807, 2.05) is 0 Å². The maximum atomic E-state index is 12.0. The zero-order chi connectivity index (χ0) is 20.1. The van der Waals surface area contributed by atoms with Gasteiger partial charge >= 0.3 is 5.97 Å². The first kappa shape index (κ1) is 20.1. The Balaban J connectivity index is 2.07. The maximum Gasteiger partial charge on any atom is 0.340 e. The number of nitrogens with zero attached hydrogens (tertiary/aromatic N) is 2. The quantitative estimate of drug-likeness (QED) is 0.432. The second-order valence-corrected chi connectivity index (χ2v) is 5.81. The summed E-state index contributed by atoms with van der Waals surface area (Å²) in [6.07, 6.45) is 0. The Morgan fingerprint density at radius 3 is 2.37 bits per heavy atom. The van der Waals surface area contributed by atoms with Gasteiger partial charge in [-0.1, -0.05) is 23.2 Å². The highest BCUT2D eigenvalue weighted by Crippen LogP contribution is 2.27. The fourth-order valence-corrected chi connectivity index (χ4v) is 2.31. The Kier molecular flexibility index (Phi) is 6.27. The molecule has 12 heteroatoms. The van der Waals surface area contributed by atoms with Gasteiger partial charge in [-0.2, -0.15) is 0 Å².